The highest BCUT2D eigenvalue weighted by molar-refractivity contribution is 9.10. The standard InChI is InChI=1S/C15H16BrClN2/c1-19(9-11-4-2-3-5-14(11)17)10-12-6-7-13(16)8-15(12)18/h2-8H,9-10,18H2,1H3. The van der Waals surface area contributed by atoms with Crippen molar-refractivity contribution in [2.24, 2.45) is 0 Å². The normalized spacial score (nSPS) is 10.9. The van der Waals surface area contributed by atoms with Crippen LogP contribution in [0.3, 0.4) is 0 Å². The Morgan fingerprint density at radius 1 is 1.11 bits per heavy atom. The molecule has 2 nitrogen and oxygen atoms in total. The second kappa shape index (κ2) is 6.42. The van der Waals surface area contributed by atoms with E-state index in [1.807, 2.05) is 42.5 Å². The Bertz CT molecular complexity index is 572. The Balaban J connectivity index is 2.05. The van der Waals surface area contributed by atoms with E-state index in [0.717, 1.165) is 39.4 Å². The average Bonchev–Trinajstić information content (AvgIpc) is 2.36. The van der Waals surface area contributed by atoms with Crippen LogP contribution in [-0.2, 0) is 13.1 Å². The van der Waals surface area contributed by atoms with Gasteiger partial charge >= 0.3 is 0 Å². The predicted octanol–water partition coefficient (Wildman–Crippen LogP) is 4.32. The molecule has 2 rings (SSSR count). The van der Waals surface area contributed by atoms with Gasteiger partial charge < -0.3 is 5.73 Å². The minimum atomic E-state index is 0.796. The van der Waals surface area contributed by atoms with Gasteiger partial charge in [-0.3, -0.25) is 4.90 Å². The zero-order valence-corrected chi connectivity index (χ0v) is 13.1. The zero-order valence-electron chi connectivity index (χ0n) is 10.7. The molecule has 0 atom stereocenters. The van der Waals surface area contributed by atoms with Crippen molar-refractivity contribution in [2.45, 2.75) is 13.1 Å². The molecule has 4 heteroatoms. The lowest BCUT2D eigenvalue weighted by Gasteiger charge is -2.18. The molecule has 2 N–H and O–H groups in total. The highest BCUT2D eigenvalue weighted by Gasteiger charge is 2.07. The molecule has 0 bridgehead atoms. The van der Waals surface area contributed by atoms with Crippen molar-refractivity contribution in [3.05, 3.63) is 63.1 Å². The molecule has 0 heterocycles. The van der Waals surface area contributed by atoms with E-state index in [1.165, 1.54) is 0 Å². The second-order valence-electron chi connectivity index (χ2n) is 4.61. The lowest BCUT2D eigenvalue weighted by Crippen LogP contribution is -2.18. The molecule has 0 saturated heterocycles. The molecular formula is C15H16BrClN2. The maximum atomic E-state index is 6.17. The van der Waals surface area contributed by atoms with Gasteiger partial charge in [-0.1, -0.05) is 51.8 Å². The average molecular weight is 340 g/mol. The SMILES string of the molecule is CN(Cc1ccc(Br)cc1N)Cc1ccccc1Cl. The van der Waals surface area contributed by atoms with E-state index in [2.05, 4.69) is 27.9 Å². The molecule has 0 spiro atoms. The number of halogens is 2. The van der Waals surface area contributed by atoms with Crippen LogP contribution < -0.4 is 5.73 Å². The predicted molar refractivity (Wildman–Crippen MR) is 85.2 cm³/mol. The van der Waals surface area contributed by atoms with Crippen LogP contribution in [0, 0.1) is 0 Å². The van der Waals surface area contributed by atoms with Gasteiger partial charge in [-0.2, -0.15) is 0 Å². The van der Waals surface area contributed by atoms with Crippen LogP contribution in [0.15, 0.2) is 46.9 Å². The summed E-state index contributed by atoms with van der Waals surface area (Å²) in [5, 5.41) is 0.804. The lowest BCUT2D eigenvalue weighted by atomic mass is 10.1. The van der Waals surface area contributed by atoms with Crippen LogP contribution in [0.5, 0.6) is 0 Å². The first-order valence-corrected chi connectivity index (χ1v) is 7.19. The molecule has 2 aromatic rings. The quantitative estimate of drug-likeness (QED) is 0.841. The summed E-state index contributed by atoms with van der Waals surface area (Å²) in [6, 6.07) is 13.9. The number of nitrogens with two attached hydrogens (primary N) is 1. The topological polar surface area (TPSA) is 29.3 Å². The van der Waals surface area contributed by atoms with Gasteiger partial charge in [-0.05, 0) is 36.4 Å². The third-order valence-electron chi connectivity index (χ3n) is 2.95. The molecule has 0 saturated carbocycles. The summed E-state index contributed by atoms with van der Waals surface area (Å²) in [5.41, 5.74) is 9.07. The Morgan fingerprint density at radius 2 is 1.79 bits per heavy atom. The molecule has 0 aliphatic carbocycles. The van der Waals surface area contributed by atoms with Crippen molar-refractivity contribution in [1.29, 1.82) is 0 Å². The summed E-state index contributed by atoms with van der Waals surface area (Å²) >= 11 is 9.58. The van der Waals surface area contributed by atoms with Crippen LogP contribution in [0.2, 0.25) is 5.02 Å². The highest BCUT2D eigenvalue weighted by atomic mass is 79.9. The summed E-state index contributed by atoms with van der Waals surface area (Å²) in [5.74, 6) is 0. The minimum Gasteiger partial charge on any atom is -0.398 e. The number of anilines is 1. The maximum Gasteiger partial charge on any atom is 0.0451 e. The van der Waals surface area contributed by atoms with Gasteiger partial charge in [0.1, 0.15) is 0 Å². The zero-order chi connectivity index (χ0) is 13.8. The van der Waals surface area contributed by atoms with Gasteiger partial charge in [-0.25, -0.2) is 0 Å². The molecule has 0 aliphatic heterocycles. The summed E-state index contributed by atoms with van der Waals surface area (Å²) in [4.78, 5) is 2.20. The number of hydrogen-bond acceptors (Lipinski definition) is 2. The maximum absolute atomic E-state index is 6.17. The minimum absolute atomic E-state index is 0.796. The molecule has 0 radical (unpaired) electrons. The molecule has 100 valence electrons. The number of benzene rings is 2. The highest BCUT2D eigenvalue weighted by Crippen LogP contribution is 2.21. The summed E-state index contributed by atoms with van der Waals surface area (Å²) < 4.78 is 1.00. The Hall–Kier alpha value is -1.03. The van der Waals surface area contributed by atoms with Crippen LogP contribution in [0.4, 0.5) is 5.69 Å². The van der Waals surface area contributed by atoms with Crippen molar-refractivity contribution in [3.8, 4) is 0 Å². The van der Waals surface area contributed by atoms with Crippen LogP contribution in [-0.4, -0.2) is 11.9 Å². The number of nitrogen functional groups attached to an aromatic ring is 1. The van der Waals surface area contributed by atoms with Crippen LogP contribution in [0.1, 0.15) is 11.1 Å². The number of nitrogens with zero attached hydrogens (tertiary/aromatic N) is 1. The fraction of sp³-hybridized carbons (Fsp3) is 0.200. The molecule has 2 aromatic carbocycles. The van der Waals surface area contributed by atoms with E-state index in [4.69, 9.17) is 17.3 Å². The van der Waals surface area contributed by atoms with Gasteiger partial charge in [0.2, 0.25) is 0 Å². The molecule has 0 aliphatic rings. The van der Waals surface area contributed by atoms with Crippen molar-refractivity contribution < 1.29 is 0 Å². The molecule has 0 fully saturated rings. The largest absolute Gasteiger partial charge is 0.398 e. The summed E-state index contributed by atoms with van der Waals surface area (Å²) in [7, 11) is 2.06. The van der Waals surface area contributed by atoms with E-state index >= 15 is 0 Å². The van der Waals surface area contributed by atoms with Crippen molar-refractivity contribution >= 4 is 33.2 Å². The van der Waals surface area contributed by atoms with Gasteiger partial charge in [0.25, 0.3) is 0 Å². The lowest BCUT2D eigenvalue weighted by molar-refractivity contribution is 0.319. The van der Waals surface area contributed by atoms with Gasteiger partial charge in [0, 0.05) is 28.3 Å². The van der Waals surface area contributed by atoms with Gasteiger partial charge in [0.15, 0.2) is 0 Å². The molecule has 19 heavy (non-hydrogen) atoms. The van der Waals surface area contributed by atoms with Crippen molar-refractivity contribution in [1.82, 2.24) is 4.90 Å². The Labute approximate surface area is 127 Å². The second-order valence-corrected chi connectivity index (χ2v) is 5.93. The van der Waals surface area contributed by atoms with Crippen molar-refractivity contribution in [2.75, 3.05) is 12.8 Å². The summed E-state index contributed by atoms with van der Waals surface area (Å²) in [6.07, 6.45) is 0. The molecule has 0 aromatic heterocycles. The fourth-order valence-corrected chi connectivity index (χ4v) is 2.55. The first-order valence-electron chi connectivity index (χ1n) is 6.02. The Kier molecular flexibility index (Phi) is 4.86. The fourth-order valence-electron chi connectivity index (χ4n) is 1.97. The molecule has 0 amide bonds. The van der Waals surface area contributed by atoms with E-state index in [1.54, 1.807) is 0 Å². The first-order chi connectivity index (χ1) is 9.06. The third-order valence-corrected chi connectivity index (χ3v) is 3.81. The first kappa shape index (κ1) is 14.4. The van der Waals surface area contributed by atoms with Gasteiger partial charge in [-0.15, -0.1) is 0 Å². The van der Waals surface area contributed by atoms with Crippen LogP contribution in [0.25, 0.3) is 0 Å². The molecular weight excluding hydrogens is 324 g/mol. The smallest absolute Gasteiger partial charge is 0.0451 e. The van der Waals surface area contributed by atoms with Gasteiger partial charge in [0.05, 0.1) is 0 Å². The Morgan fingerprint density at radius 3 is 2.47 bits per heavy atom. The third kappa shape index (κ3) is 3.96. The van der Waals surface area contributed by atoms with E-state index in [-0.39, 0.29) is 0 Å². The van der Waals surface area contributed by atoms with Crippen LogP contribution >= 0.6 is 27.5 Å². The van der Waals surface area contributed by atoms with E-state index in [9.17, 15) is 0 Å². The van der Waals surface area contributed by atoms with E-state index in [0.29, 0.717) is 0 Å². The number of hydrogen-bond donors (Lipinski definition) is 1. The monoisotopic (exact) mass is 338 g/mol. The summed E-state index contributed by atoms with van der Waals surface area (Å²) in [6.45, 7) is 1.60. The van der Waals surface area contributed by atoms with E-state index < -0.39 is 0 Å². The van der Waals surface area contributed by atoms with Crippen molar-refractivity contribution in [3.63, 3.8) is 0 Å². The number of rotatable bonds is 4. The molecule has 0 unspecified atom stereocenters.